The number of nitrogens with one attached hydrogen (secondary N) is 1. The summed E-state index contributed by atoms with van der Waals surface area (Å²) in [4.78, 5) is 0. The van der Waals surface area contributed by atoms with Crippen LogP contribution in [0.15, 0.2) is 30.5 Å². The van der Waals surface area contributed by atoms with E-state index in [-0.39, 0.29) is 5.60 Å². The predicted octanol–water partition coefficient (Wildman–Crippen LogP) is 1.92. The number of benzene rings is 1. The smallest absolute Gasteiger partial charge is 0.131 e. The Bertz CT molecular complexity index is 526. The number of fused-ring (bicyclic) bond motifs is 1. The van der Waals surface area contributed by atoms with E-state index in [0.29, 0.717) is 0 Å². The van der Waals surface area contributed by atoms with E-state index in [9.17, 15) is 0 Å². The van der Waals surface area contributed by atoms with Crippen molar-refractivity contribution in [1.82, 2.24) is 9.88 Å². The Labute approximate surface area is 95.0 Å². The Morgan fingerprint density at radius 3 is 2.81 bits per heavy atom. The molecule has 1 aliphatic rings. The van der Waals surface area contributed by atoms with Crippen molar-refractivity contribution in [3.8, 4) is 5.75 Å². The normalized spacial score (nSPS) is 18.4. The number of aromatic nitrogens is 1. The van der Waals surface area contributed by atoms with Crippen LogP contribution < -0.4 is 10.1 Å². The molecule has 0 radical (unpaired) electrons. The van der Waals surface area contributed by atoms with Crippen LogP contribution in [0.2, 0.25) is 0 Å². The number of ether oxygens (including phenoxy) is 1. The molecule has 3 nitrogen and oxygen atoms in total. The average molecular weight is 216 g/mol. The van der Waals surface area contributed by atoms with Gasteiger partial charge in [-0.2, -0.15) is 0 Å². The van der Waals surface area contributed by atoms with Crippen LogP contribution in [0.25, 0.3) is 10.9 Å². The lowest BCUT2D eigenvalue weighted by molar-refractivity contribution is 0.0350. The van der Waals surface area contributed by atoms with E-state index in [1.807, 2.05) is 6.07 Å². The van der Waals surface area contributed by atoms with E-state index < -0.39 is 0 Å². The van der Waals surface area contributed by atoms with Crippen molar-refractivity contribution in [2.24, 2.45) is 7.05 Å². The van der Waals surface area contributed by atoms with Crippen LogP contribution in [-0.2, 0) is 7.05 Å². The number of hydrogen-bond donors (Lipinski definition) is 1. The largest absolute Gasteiger partial charge is 0.485 e. The fourth-order valence-corrected chi connectivity index (χ4v) is 2.16. The van der Waals surface area contributed by atoms with E-state index in [1.165, 1.54) is 10.9 Å². The lowest BCUT2D eigenvalue weighted by Crippen LogP contribution is -2.60. The van der Waals surface area contributed by atoms with Gasteiger partial charge in [0.05, 0.1) is 0 Å². The third kappa shape index (κ3) is 1.48. The first-order valence-electron chi connectivity index (χ1n) is 5.61. The summed E-state index contributed by atoms with van der Waals surface area (Å²) in [7, 11) is 2.06. The van der Waals surface area contributed by atoms with Crippen LogP contribution in [0, 0.1) is 0 Å². The van der Waals surface area contributed by atoms with Crippen LogP contribution in [0.3, 0.4) is 0 Å². The van der Waals surface area contributed by atoms with Gasteiger partial charge in [0.2, 0.25) is 0 Å². The quantitative estimate of drug-likeness (QED) is 0.830. The molecule has 1 aromatic carbocycles. The van der Waals surface area contributed by atoms with E-state index in [1.54, 1.807) is 0 Å². The van der Waals surface area contributed by atoms with Gasteiger partial charge in [-0.15, -0.1) is 0 Å². The van der Waals surface area contributed by atoms with E-state index in [0.717, 1.165) is 18.8 Å². The molecular weight excluding hydrogens is 200 g/mol. The van der Waals surface area contributed by atoms with Crippen molar-refractivity contribution >= 4 is 10.9 Å². The lowest BCUT2D eigenvalue weighted by Gasteiger charge is -2.39. The highest BCUT2D eigenvalue weighted by atomic mass is 16.5. The highest BCUT2D eigenvalue weighted by Gasteiger charge is 2.33. The molecule has 1 saturated heterocycles. The third-order valence-electron chi connectivity index (χ3n) is 3.22. The predicted molar refractivity (Wildman–Crippen MR) is 64.8 cm³/mol. The second kappa shape index (κ2) is 3.25. The summed E-state index contributed by atoms with van der Waals surface area (Å²) in [6, 6.07) is 8.38. The summed E-state index contributed by atoms with van der Waals surface area (Å²) in [5.74, 6) is 0.961. The lowest BCUT2D eigenvalue weighted by atomic mass is 10.00. The maximum absolute atomic E-state index is 5.98. The van der Waals surface area contributed by atoms with Crippen molar-refractivity contribution in [1.29, 1.82) is 0 Å². The SMILES string of the molecule is Cn1ccc2cc(OC3(C)CNC3)ccc21. The molecule has 3 heteroatoms. The second-order valence-corrected chi connectivity index (χ2v) is 4.80. The van der Waals surface area contributed by atoms with Gasteiger partial charge < -0.3 is 14.6 Å². The monoisotopic (exact) mass is 216 g/mol. The topological polar surface area (TPSA) is 26.2 Å². The van der Waals surface area contributed by atoms with E-state index in [4.69, 9.17) is 4.74 Å². The van der Waals surface area contributed by atoms with Gasteiger partial charge >= 0.3 is 0 Å². The molecule has 0 atom stereocenters. The summed E-state index contributed by atoms with van der Waals surface area (Å²) in [5, 5.41) is 4.47. The van der Waals surface area contributed by atoms with Crippen molar-refractivity contribution in [3.05, 3.63) is 30.5 Å². The van der Waals surface area contributed by atoms with Crippen LogP contribution >= 0.6 is 0 Å². The summed E-state index contributed by atoms with van der Waals surface area (Å²) in [5.41, 5.74) is 1.21. The van der Waals surface area contributed by atoms with Crippen LogP contribution in [-0.4, -0.2) is 23.3 Å². The van der Waals surface area contributed by atoms with Crippen LogP contribution in [0.1, 0.15) is 6.92 Å². The fraction of sp³-hybridized carbons (Fsp3) is 0.385. The zero-order valence-electron chi connectivity index (χ0n) is 9.66. The molecule has 0 saturated carbocycles. The zero-order chi connectivity index (χ0) is 11.2. The highest BCUT2D eigenvalue weighted by molar-refractivity contribution is 5.81. The molecule has 0 aliphatic carbocycles. The number of hydrogen-bond acceptors (Lipinski definition) is 2. The van der Waals surface area contributed by atoms with Crippen LogP contribution in [0.4, 0.5) is 0 Å². The molecule has 16 heavy (non-hydrogen) atoms. The van der Waals surface area contributed by atoms with Crippen molar-refractivity contribution in [2.75, 3.05) is 13.1 Å². The molecule has 84 valence electrons. The van der Waals surface area contributed by atoms with E-state index >= 15 is 0 Å². The van der Waals surface area contributed by atoms with Crippen LogP contribution in [0.5, 0.6) is 5.75 Å². The van der Waals surface area contributed by atoms with Crippen molar-refractivity contribution < 1.29 is 4.74 Å². The number of rotatable bonds is 2. The van der Waals surface area contributed by atoms with Gasteiger partial charge in [-0.05, 0) is 31.2 Å². The Morgan fingerprint density at radius 2 is 2.12 bits per heavy atom. The van der Waals surface area contributed by atoms with Crippen molar-refractivity contribution in [3.63, 3.8) is 0 Å². The summed E-state index contributed by atoms with van der Waals surface area (Å²) in [6.45, 7) is 4.00. The minimum absolute atomic E-state index is 0.0253. The van der Waals surface area contributed by atoms with Crippen molar-refractivity contribution in [2.45, 2.75) is 12.5 Å². The Kier molecular flexibility index (Phi) is 1.98. The molecule has 1 aromatic heterocycles. The highest BCUT2D eigenvalue weighted by Crippen LogP contribution is 2.26. The van der Waals surface area contributed by atoms with Gasteiger partial charge in [0.15, 0.2) is 0 Å². The molecule has 1 N–H and O–H groups in total. The Balaban J connectivity index is 1.93. The number of aryl methyl sites for hydroxylation is 1. The van der Waals surface area contributed by atoms with Gasteiger partial charge in [0.25, 0.3) is 0 Å². The summed E-state index contributed by atoms with van der Waals surface area (Å²) >= 11 is 0. The zero-order valence-corrected chi connectivity index (χ0v) is 9.66. The summed E-state index contributed by atoms with van der Waals surface area (Å²) in [6.07, 6.45) is 2.07. The first-order valence-corrected chi connectivity index (χ1v) is 5.61. The molecule has 3 rings (SSSR count). The molecule has 0 spiro atoms. The Morgan fingerprint density at radius 1 is 1.31 bits per heavy atom. The molecule has 0 bridgehead atoms. The minimum atomic E-state index is -0.0253. The molecule has 2 aromatic rings. The molecular formula is C13H16N2O. The van der Waals surface area contributed by atoms with Gasteiger partial charge in [-0.25, -0.2) is 0 Å². The maximum atomic E-state index is 5.98. The molecule has 0 unspecified atom stereocenters. The number of nitrogens with zero attached hydrogens (tertiary/aromatic N) is 1. The average Bonchev–Trinajstić information content (AvgIpc) is 2.58. The first kappa shape index (κ1) is 9.73. The second-order valence-electron chi connectivity index (χ2n) is 4.80. The van der Waals surface area contributed by atoms with Gasteiger partial charge in [-0.3, -0.25) is 0 Å². The Hall–Kier alpha value is -1.48. The molecule has 1 fully saturated rings. The third-order valence-corrected chi connectivity index (χ3v) is 3.22. The van der Waals surface area contributed by atoms with Gasteiger partial charge in [-0.1, -0.05) is 0 Å². The summed E-state index contributed by atoms with van der Waals surface area (Å²) < 4.78 is 8.10. The van der Waals surface area contributed by atoms with E-state index in [2.05, 4.69) is 48.3 Å². The van der Waals surface area contributed by atoms with Gasteiger partial charge in [0.1, 0.15) is 11.4 Å². The molecule has 2 heterocycles. The van der Waals surface area contributed by atoms with Gasteiger partial charge in [0, 0.05) is 37.2 Å². The molecule has 1 aliphatic heterocycles. The minimum Gasteiger partial charge on any atom is -0.485 e. The standard InChI is InChI=1S/C13H16N2O/c1-13(8-14-9-13)16-11-3-4-12-10(7-11)5-6-15(12)2/h3-7,14H,8-9H2,1-2H3. The fourth-order valence-electron chi connectivity index (χ4n) is 2.16. The molecule has 0 amide bonds. The maximum Gasteiger partial charge on any atom is 0.131 e. The first-order chi connectivity index (χ1) is 7.66.